The minimum absolute atomic E-state index is 0.0484. The van der Waals surface area contributed by atoms with Crippen molar-refractivity contribution in [3.05, 3.63) is 23.8 Å². The Bertz CT molecular complexity index is 743. The Morgan fingerprint density at radius 2 is 2.04 bits per heavy atom. The van der Waals surface area contributed by atoms with Gasteiger partial charge < -0.3 is 10.2 Å². The molecule has 0 amide bonds. The fourth-order valence-electron chi connectivity index (χ4n) is 7.49. The number of fused-ring (bicyclic) bond motifs is 5. The number of halogens is 1. The Hall–Kier alpha value is -1.33. The lowest BCUT2D eigenvalue weighted by Crippen LogP contribution is -2.58. The van der Waals surface area contributed by atoms with Crippen LogP contribution in [0.4, 0.5) is 4.39 Å². The van der Waals surface area contributed by atoms with E-state index in [1.807, 2.05) is 20.8 Å². The molecule has 0 aromatic heterocycles. The van der Waals surface area contributed by atoms with Crippen LogP contribution in [-0.2, 0) is 9.59 Å². The number of rotatable bonds is 2. The highest BCUT2D eigenvalue weighted by molar-refractivity contribution is 6.01. The van der Waals surface area contributed by atoms with Crippen molar-refractivity contribution in [3.63, 3.8) is 0 Å². The number of allylic oxidation sites excluding steroid dienone is 4. The van der Waals surface area contributed by atoms with Crippen LogP contribution in [0.3, 0.4) is 0 Å². The van der Waals surface area contributed by atoms with Gasteiger partial charge in [-0.05, 0) is 60.2 Å². The van der Waals surface area contributed by atoms with Crippen molar-refractivity contribution >= 4 is 11.6 Å². The van der Waals surface area contributed by atoms with Crippen LogP contribution in [-0.4, -0.2) is 40.7 Å². The monoisotopic (exact) mass is 376 g/mol. The fraction of sp³-hybridized carbons (Fsp3) is 0.727. The van der Waals surface area contributed by atoms with Crippen molar-refractivity contribution in [1.82, 2.24) is 0 Å². The molecule has 0 aliphatic heterocycles. The summed E-state index contributed by atoms with van der Waals surface area (Å²) in [6, 6.07) is 0. The summed E-state index contributed by atoms with van der Waals surface area (Å²) in [7, 11) is 0. The standard InChI is InChI=1S/C22H29FO4/c1-11-6-14-13-8-16(23)15-7-12(25)4-5-21(15,2)20(13)17(26)9-22(14,3)19(11)18(27)10-24/h4-5,7,11,13-14,16-17,19-20,24,26H,6,8-10H2,1-3H3/t11-,13+,14+,16-,17-,19-,20-,21-,22-/m0/s1. The summed E-state index contributed by atoms with van der Waals surface area (Å²) in [5.41, 5.74) is -0.599. The number of aliphatic hydroxyl groups excluding tert-OH is 2. The number of hydrogen-bond donors (Lipinski definition) is 2. The zero-order valence-corrected chi connectivity index (χ0v) is 16.2. The Morgan fingerprint density at radius 3 is 2.70 bits per heavy atom. The quantitative estimate of drug-likeness (QED) is 0.777. The van der Waals surface area contributed by atoms with Gasteiger partial charge in [0.25, 0.3) is 0 Å². The van der Waals surface area contributed by atoms with E-state index in [-0.39, 0.29) is 47.6 Å². The molecular weight excluding hydrogens is 347 g/mol. The average Bonchev–Trinajstić information content (AvgIpc) is 2.85. The third-order valence-corrected chi connectivity index (χ3v) is 8.32. The summed E-state index contributed by atoms with van der Waals surface area (Å²) in [4.78, 5) is 24.3. The van der Waals surface area contributed by atoms with Gasteiger partial charge in [0.2, 0.25) is 0 Å². The second-order valence-corrected chi connectivity index (χ2v) is 9.71. The molecule has 0 saturated heterocycles. The van der Waals surface area contributed by atoms with E-state index < -0.39 is 29.7 Å². The third kappa shape index (κ3) is 2.47. The molecule has 3 fully saturated rings. The number of hydrogen-bond acceptors (Lipinski definition) is 4. The second kappa shape index (κ2) is 6.08. The van der Waals surface area contributed by atoms with Gasteiger partial charge in [0.15, 0.2) is 11.6 Å². The van der Waals surface area contributed by atoms with Crippen LogP contribution in [0.1, 0.15) is 40.0 Å². The summed E-state index contributed by atoms with van der Waals surface area (Å²) < 4.78 is 15.2. The van der Waals surface area contributed by atoms with E-state index in [2.05, 4.69) is 0 Å². The van der Waals surface area contributed by atoms with E-state index in [4.69, 9.17) is 0 Å². The smallest absolute Gasteiger partial charge is 0.178 e. The van der Waals surface area contributed by atoms with Crippen LogP contribution in [0, 0.1) is 40.4 Å². The lowest BCUT2D eigenvalue weighted by molar-refractivity contribution is -0.144. The van der Waals surface area contributed by atoms with E-state index in [0.717, 1.165) is 6.42 Å². The van der Waals surface area contributed by atoms with Gasteiger partial charge in [-0.15, -0.1) is 0 Å². The molecule has 0 heterocycles. The Kier molecular flexibility index (Phi) is 4.28. The van der Waals surface area contributed by atoms with Gasteiger partial charge in [-0.3, -0.25) is 9.59 Å². The number of aliphatic hydroxyl groups is 2. The van der Waals surface area contributed by atoms with Crippen molar-refractivity contribution in [3.8, 4) is 0 Å². The van der Waals surface area contributed by atoms with Gasteiger partial charge in [-0.25, -0.2) is 4.39 Å². The first kappa shape index (κ1) is 19.0. The van der Waals surface area contributed by atoms with Crippen LogP contribution in [0.15, 0.2) is 23.8 Å². The predicted octanol–water partition coefficient (Wildman–Crippen LogP) is 2.64. The molecule has 9 atom stereocenters. The molecule has 4 nitrogen and oxygen atoms in total. The van der Waals surface area contributed by atoms with Crippen LogP contribution in [0.2, 0.25) is 0 Å². The summed E-state index contributed by atoms with van der Waals surface area (Å²) >= 11 is 0. The first-order chi connectivity index (χ1) is 12.6. The van der Waals surface area contributed by atoms with Crippen LogP contribution < -0.4 is 0 Å². The lowest BCUT2D eigenvalue weighted by atomic mass is 9.46. The minimum Gasteiger partial charge on any atom is -0.393 e. The Balaban J connectivity index is 1.77. The van der Waals surface area contributed by atoms with E-state index in [0.29, 0.717) is 12.0 Å². The molecule has 0 radical (unpaired) electrons. The zero-order valence-electron chi connectivity index (χ0n) is 16.2. The highest BCUT2D eigenvalue weighted by Crippen LogP contribution is 2.67. The maximum atomic E-state index is 15.2. The normalized spacial score (nSPS) is 51.3. The molecule has 0 bridgehead atoms. The largest absolute Gasteiger partial charge is 0.393 e. The van der Waals surface area contributed by atoms with Crippen molar-refractivity contribution in [2.75, 3.05) is 6.61 Å². The number of carbonyl (C=O) groups excluding carboxylic acids is 2. The van der Waals surface area contributed by atoms with Crippen molar-refractivity contribution < 1.29 is 24.2 Å². The summed E-state index contributed by atoms with van der Waals surface area (Å²) in [6.45, 7) is 5.53. The summed E-state index contributed by atoms with van der Waals surface area (Å²) in [5, 5.41) is 20.6. The highest BCUT2D eigenvalue weighted by Gasteiger charge is 2.65. The maximum Gasteiger partial charge on any atom is 0.178 e. The molecular formula is C22H29FO4. The second-order valence-electron chi connectivity index (χ2n) is 9.71. The van der Waals surface area contributed by atoms with Gasteiger partial charge in [0.1, 0.15) is 12.8 Å². The topological polar surface area (TPSA) is 74.6 Å². The molecule has 0 aromatic carbocycles. The number of carbonyl (C=O) groups is 2. The molecule has 148 valence electrons. The molecule has 0 spiro atoms. The van der Waals surface area contributed by atoms with Gasteiger partial charge >= 0.3 is 0 Å². The Labute approximate surface area is 159 Å². The van der Waals surface area contributed by atoms with E-state index in [1.165, 1.54) is 12.2 Å². The lowest BCUT2D eigenvalue weighted by Gasteiger charge is -2.59. The highest BCUT2D eigenvalue weighted by atomic mass is 19.1. The van der Waals surface area contributed by atoms with Gasteiger partial charge in [0, 0.05) is 17.3 Å². The molecule has 4 aliphatic rings. The van der Waals surface area contributed by atoms with Crippen LogP contribution >= 0.6 is 0 Å². The maximum absolute atomic E-state index is 15.2. The van der Waals surface area contributed by atoms with Crippen LogP contribution in [0.25, 0.3) is 0 Å². The van der Waals surface area contributed by atoms with Crippen molar-refractivity contribution in [2.24, 2.45) is 40.4 Å². The third-order valence-electron chi connectivity index (χ3n) is 8.32. The SMILES string of the molecule is C[C@H]1C[C@@H]2[C@H]3C[C@H](F)C4=CC(=O)C=C[C@]4(C)[C@@H]3[C@@H](O)C[C@]2(C)[C@@H]1C(=O)CO. The average molecular weight is 376 g/mol. The van der Waals surface area contributed by atoms with Crippen molar-refractivity contribution in [1.29, 1.82) is 0 Å². The molecule has 3 saturated carbocycles. The Morgan fingerprint density at radius 1 is 1.33 bits per heavy atom. The first-order valence-electron chi connectivity index (χ1n) is 10.0. The summed E-state index contributed by atoms with van der Waals surface area (Å²) in [6.07, 6.45) is 4.39. The van der Waals surface area contributed by atoms with Crippen LogP contribution in [0.5, 0.6) is 0 Å². The van der Waals surface area contributed by atoms with Gasteiger partial charge in [-0.2, -0.15) is 0 Å². The molecule has 4 rings (SSSR count). The van der Waals surface area contributed by atoms with E-state index in [1.54, 1.807) is 6.08 Å². The molecule has 27 heavy (non-hydrogen) atoms. The van der Waals surface area contributed by atoms with Gasteiger partial charge in [0.05, 0.1) is 6.10 Å². The number of Topliss-reactive ketones (excluding diaryl/α,β-unsaturated/α-hetero) is 1. The first-order valence-corrected chi connectivity index (χ1v) is 10.0. The molecule has 0 unspecified atom stereocenters. The number of ketones is 2. The summed E-state index contributed by atoms with van der Waals surface area (Å²) in [5.74, 6) is -0.626. The molecule has 0 aromatic rings. The molecule has 5 heteroatoms. The fourth-order valence-corrected chi connectivity index (χ4v) is 7.49. The predicted molar refractivity (Wildman–Crippen MR) is 98.4 cm³/mol. The van der Waals surface area contributed by atoms with Crippen molar-refractivity contribution in [2.45, 2.75) is 52.3 Å². The van der Waals surface area contributed by atoms with Gasteiger partial charge in [-0.1, -0.05) is 26.8 Å². The van der Waals surface area contributed by atoms with E-state index >= 15 is 4.39 Å². The minimum atomic E-state index is -1.21. The zero-order chi connectivity index (χ0) is 19.7. The molecule has 2 N–H and O–H groups in total. The number of alkyl halides is 1. The molecule has 4 aliphatic carbocycles. The van der Waals surface area contributed by atoms with E-state index in [9.17, 15) is 19.8 Å².